The maximum Gasteiger partial charge on any atom is 0.183 e. The van der Waals surface area contributed by atoms with Crippen LogP contribution in [-0.4, -0.2) is 13.2 Å². The van der Waals surface area contributed by atoms with Crippen LogP contribution < -0.4 is 0 Å². The molecular formula is C25H37NO2. The van der Waals surface area contributed by atoms with Crippen molar-refractivity contribution in [1.29, 1.82) is 5.26 Å². The molecule has 0 aromatic heterocycles. The first kappa shape index (κ1) is 21.3. The zero-order valence-corrected chi connectivity index (χ0v) is 17.6. The van der Waals surface area contributed by atoms with Gasteiger partial charge in [0.1, 0.15) is 0 Å². The highest BCUT2D eigenvalue weighted by Crippen LogP contribution is 2.36. The van der Waals surface area contributed by atoms with Crippen molar-refractivity contribution in [2.24, 2.45) is 17.8 Å². The summed E-state index contributed by atoms with van der Waals surface area (Å²) >= 11 is 0. The fourth-order valence-electron chi connectivity index (χ4n) is 4.76. The van der Waals surface area contributed by atoms with Crippen molar-refractivity contribution >= 4 is 0 Å². The van der Waals surface area contributed by atoms with Crippen molar-refractivity contribution in [3.63, 3.8) is 0 Å². The maximum atomic E-state index is 8.90. The summed E-state index contributed by atoms with van der Waals surface area (Å²) in [6, 6.07) is 9.67. The van der Waals surface area contributed by atoms with Crippen molar-refractivity contribution in [2.75, 3.05) is 13.2 Å². The lowest BCUT2D eigenvalue weighted by Gasteiger charge is -2.32. The Morgan fingerprint density at radius 1 is 0.821 bits per heavy atom. The number of nitriles is 1. The molecule has 3 heteroatoms. The van der Waals surface area contributed by atoms with Gasteiger partial charge in [-0.15, -0.1) is 0 Å². The van der Waals surface area contributed by atoms with E-state index in [1.165, 1.54) is 70.6 Å². The van der Waals surface area contributed by atoms with Gasteiger partial charge >= 0.3 is 0 Å². The molecule has 0 amide bonds. The molecule has 3 rings (SSSR count). The lowest BCUT2D eigenvalue weighted by molar-refractivity contribution is -0.206. The number of unbranched alkanes of at least 4 members (excludes halogenated alkanes) is 3. The van der Waals surface area contributed by atoms with Gasteiger partial charge in [0.15, 0.2) is 6.29 Å². The molecule has 3 nitrogen and oxygen atoms in total. The molecule has 2 fully saturated rings. The van der Waals surface area contributed by atoms with Gasteiger partial charge in [0, 0.05) is 11.5 Å². The van der Waals surface area contributed by atoms with Gasteiger partial charge in [-0.3, -0.25) is 0 Å². The summed E-state index contributed by atoms with van der Waals surface area (Å²) in [6.07, 6.45) is 15.2. The molecule has 1 aliphatic carbocycles. The van der Waals surface area contributed by atoms with E-state index in [9.17, 15) is 0 Å². The Morgan fingerprint density at radius 2 is 1.43 bits per heavy atom. The second kappa shape index (κ2) is 11.6. The first-order valence-electron chi connectivity index (χ1n) is 11.5. The van der Waals surface area contributed by atoms with Gasteiger partial charge in [-0.05, 0) is 30.4 Å². The van der Waals surface area contributed by atoms with Crippen LogP contribution in [0.4, 0.5) is 0 Å². The topological polar surface area (TPSA) is 42.2 Å². The molecule has 0 N–H and O–H groups in total. The Kier molecular flexibility index (Phi) is 8.83. The van der Waals surface area contributed by atoms with Gasteiger partial charge in [0.25, 0.3) is 0 Å². The van der Waals surface area contributed by atoms with Gasteiger partial charge in [-0.1, -0.05) is 83.3 Å². The highest BCUT2D eigenvalue weighted by Gasteiger charge is 2.26. The first-order chi connectivity index (χ1) is 13.8. The van der Waals surface area contributed by atoms with Crippen LogP contribution in [0.2, 0.25) is 0 Å². The van der Waals surface area contributed by atoms with Crippen molar-refractivity contribution in [3.05, 3.63) is 35.4 Å². The van der Waals surface area contributed by atoms with E-state index in [0.717, 1.165) is 30.6 Å². The number of benzene rings is 1. The smallest absolute Gasteiger partial charge is 0.183 e. The molecule has 0 atom stereocenters. The minimum absolute atomic E-state index is 0.271. The molecule has 0 bridgehead atoms. The second-order valence-electron chi connectivity index (χ2n) is 8.91. The zero-order chi connectivity index (χ0) is 19.6. The summed E-state index contributed by atoms with van der Waals surface area (Å²) < 4.78 is 11.9. The highest BCUT2D eigenvalue weighted by atomic mass is 16.7. The van der Waals surface area contributed by atoms with Crippen molar-refractivity contribution < 1.29 is 9.47 Å². The van der Waals surface area contributed by atoms with Gasteiger partial charge in [-0.2, -0.15) is 5.26 Å². The number of rotatable bonds is 9. The van der Waals surface area contributed by atoms with Crippen molar-refractivity contribution in [2.45, 2.75) is 83.8 Å². The van der Waals surface area contributed by atoms with Crippen LogP contribution in [0.25, 0.3) is 0 Å². The summed E-state index contributed by atoms with van der Waals surface area (Å²) in [5.41, 5.74) is 1.68. The van der Waals surface area contributed by atoms with E-state index in [0.29, 0.717) is 11.5 Å². The number of hydrogen-bond acceptors (Lipinski definition) is 3. The minimum Gasteiger partial charge on any atom is -0.348 e. The first-order valence-corrected chi connectivity index (χ1v) is 11.5. The van der Waals surface area contributed by atoms with E-state index in [4.69, 9.17) is 14.7 Å². The molecule has 1 aliphatic heterocycles. The summed E-state index contributed by atoms with van der Waals surface area (Å²) in [7, 11) is 0. The van der Waals surface area contributed by atoms with Gasteiger partial charge in [0.05, 0.1) is 24.8 Å². The predicted molar refractivity (Wildman–Crippen MR) is 113 cm³/mol. The molecule has 0 radical (unpaired) electrons. The zero-order valence-electron chi connectivity index (χ0n) is 17.6. The predicted octanol–water partition coefficient (Wildman–Crippen LogP) is 6.78. The van der Waals surface area contributed by atoms with Crippen LogP contribution in [0.5, 0.6) is 0 Å². The Bertz CT molecular complexity index is 590. The fourth-order valence-corrected chi connectivity index (χ4v) is 4.76. The molecule has 1 saturated carbocycles. The van der Waals surface area contributed by atoms with Crippen LogP contribution in [0.15, 0.2) is 24.3 Å². The Morgan fingerprint density at radius 3 is 2.04 bits per heavy atom. The standard InChI is InChI=1S/C25H37NO2/c1-2-3-4-5-6-20-7-9-21(10-8-20)11-12-23-18-27-25(28-19-23)24-15-13-22(17-26)14-16-24/h13-16,20-21,23,25H,2-12,18-19H2,1H3/t20-,21-,23-,25-. The molecule has 0 unspecified atom stereocenters. The quantitative estimate of drug-likeness (QED) is 0.441. The lowest BCUT2D eigenvalue weighted by atomic mass is 9.77. The van der Waals surface area contributed by atoms with E-state index in [1.54, 1.807) is 0 Å². The monoisotopic (exact) mass is 383 g/mol. The van der Waals surface area contributed by atoms with E-state index in [1.807, 2.05) is 24.3 Å². The van der Waals surface area contributed by atoms with Gasteiger partial charge in [0.2, 0.25) is 0 Å². The van der Waals surface area contributed by atoms with Crippen LogP contribution in [0, 0.1) is 29.1 Å². The molecule has 2 aliphatic rings. The lowest BCUT2D eigenvalue weighted by Crippen LogP contribution is -2.28. The van der Waals surface area contributed by atoms with Crippen LogP contribution in [0.1, 0.15) is 95.0 Å². The van der Waals surface area contributed by atoms with Crippen LogP contribution >= 0.6 is 0 Å². The van der Waals surface area contributed by atoms with Crippen molar-refractivity contribution in [1.82, 2.24) is 0 Å². The highest BCUT2D eigenvalue weighted by molar-refractivity contribution is 5.32. The van der Waals surface area contributed by atoms with Gasteiger partial charge < -0.3 is 9.47 Å². The number of hydrogen-bond donors (Lipinski definition) is 0. The number of ether oxygens (including phenoxy) is 2. The minimum atomic E-state index is -0.271. The molecule has 0 spiro atoms. The van der Waals surface area contributed by atoms with E-state index < -0.39 is 0 Å². The van der Waals surface area contributed by atoms with Crippen LogP contribution in [0.3, 0.4) is 0 Å². The molecular weight excluding hydrogens is 346 g/mol. The van der Waals surface area contributed by atoms with E-state index in [2.05, 4.69) is 13.0 Å². The summed E-state index contributed by atoms with van der Waals surface area (Å²) in [6.45, 7) is 3.87. The van der Waals surface area contributed by atoms with Crippen LogP contribution in [-0.2, 0) is 9.47 Å². The third kappa shape index (κ3) is 6.61. The largest absolute Gasteiger partial charge is 0.348 e. The SMILES string of the molecule is CCCCCC[C@H]1CC[C@H](CC[C@H]2CO[C@H](c3ccc(C#N)cc3)OC2)CC1. The molecule has 154 valence electrons. The molecule has 1 heterocycles. The average molecular weight is 384 g/mol. The summed E-state index contributed by atoms with van der Waals surface area (Å²) in [5.74, 6) is 2.45. The molecule has 1 saturated heterocycles. The second-order valence-corrected chi connectivity index (χ2v) is 8.91. The van der Waals surface area contributed by atoms with Gasteiger partial charge in [-0.25, -0.2) is 0 Å². The fraction of sp³-hybridized carbons (Fsp3) is 0.720. The molecule has 1 aromatic carbocycles. The Labute approximate surface area is 171 Å². The third-order valence-corrected chi connectivity index (χ3v) is 6.69. The van der Waals surface area contributed by atoms with E-state index >= 15 is 0 Å². The molecule has 1 aromatic rings. The average Bonchev–Trinajstić information content (AvgIpc) is 2.76. The van der Waals surface area contributed by atoms with E-state index in [-0.39, 0.29) is 6.29 Å². The summed E-state index contributed by atoms with van der Waals surface area (Å²) in [4.78, 5) is 0. The molecule has 28 heavy (non-hydrogen) atoms. The summed E-state index contributed by atoms with van der Waals surface area (Å²) in [5, 5.41) is 8.90. The van der Waals surface area contributed by atoms with Crippen molar-refractivity contribution in [3.8, 4) is 6.07 Å². The maximum absolute atomic E-state index is 8.90. The number of nitrogens with zero attached hydrogens (tertiary/aromatic N) is 1. The Balaban J connectivity index is 1.29. The Hall–Kier alpha value is -1.37. The third-order valence-electron chi connectivity index (χ3n) is 6.69. The normalized spacial score (nSPS) is 28.0.